The highest BCUT2D eigenvalue weighted by atomic mass is 127. The maximum absolute atomic E-state index is 12.7. The Morgan fingerprint density at radius 2 is 2.00 bits per heavy atom. The molecule has 1 aliphatic heterocycles. The number of nitrogens with one attached hydrogen (secondary N) is 1. The number of hydrogen-bond donors (Lipinski definition) is 1. The number of amides is 1. The van der Waals surface area contributed by atoms with Crippen LogP contribution in [0.1, 0.15) is 47.8 Å². The minimum atomic E-state index is -0.303. The van der Waals surface area contributed by atoms with E-state index in [-0.39, 0.29) is 17.6 Å². The summed E-state index contributed by atoms with van der Waals surface area (Å²) < 4.78 is 7.05. The highest BCUT2D eigenvalue weighted by Crippen LogP contribution is 2.40. The molecule has 0 saturated heterocycles. The second-order valence-corrected chi connectivity index (χ2v) is 7.78. The van der Waals surface area contributed by atoms with Crippen molar-refractivity contribution in [3.8, 4) is 5.75 Å². The van der Waals surface area contributed by atoms with Gasteiger partial charge in [-0.3, -0.25) is 4.79 Å². The Bertz CT molecular complexity index is 755. The average Bonchev–Trinajstić information content (AvgIpc) is 2.45. The fourth-order valence-corrected chi connectivity index (χ4v) is 3.60. The van der Waals surface area contributed by atoms with E-state index < -0.39 is 0 Å². The number of carbonyl (C=O) groups is 1. The van der Waals surface area contributed by atoms with Gasteiger partial charge in [-0.1, -0.05) is 24.3 Å². The van der Waals surface area contributed by atoms with Gasteiger partial charge in [-0.15, -0.1) is 0 Å². The van der Waals surface area contributed by atoms with Crippen LogP contribution < -0.4 is 10.1 Å². The van der Waals surface area contributed by atoms with Gasteiger partial charge in [-0.2, -0.15) is 0 Å². The van der Waals surface area contributed by atoms with Crippen molar-refractivity contribution >= 4 is 28.5 Å². The van der Waals surface area contributed by atoms with Crippen LogP contribution in [0.4, 0.5) is 0 Å². The lowest BCUT2D eigenvalue weighted by atomic mass is 9.89. The number of fused-ring (bicyclic) bond motifs is 1. The first-order valence-electron chi connectivity index (χ1n) is 7.71. The molecule has 0 radical (unpaired) electrons. The van der Waals surface area contributed by atoms with E-state index in [9.17, 15) is 4.79 Å². The monoisotopic (exact) mass is 421 g/mol. The molecule has 3 nitrogen and oxygen atoms in total. The third kappa shape index (κ3) is 3.52. The molecule has 4 heteroatoms. The smallest absolute Gasteiger partial charge is 0.252 e. The molecule has 2 aromatic carbocycles. The van der Waals surface area contributed by atoms with Gasteiger partial charge in [0, 0.05) is 15.6 Å². The molecule has 0 spiro atoms. The molecule has 1 N–H and O–H groups in total. The van der Waals surface area contributed by atoms with Gasteiger partial charge in [0.05, 0.1) is 11.6 Å². The van der Waals surface area contributed by atoms with Crippen LogP contribution in [0, 0.1) is 10.5 Å². The number of rotatable bonds is 2. The number of hydrogen-bond acceptors (Lipinski definition) is 2. The van der Waals surface area contributed by atoms with E-state index in [1.807, 2.05) is 37.3 Å². The molecule has 120 valence electrons. The van der Waals surface area contributed by atoms with Gasteiger partial charge in [0.1, 0.15) is 11.4 Å². The first-order chi connectivity index (χ1) is 10.9. The topological polar surface area (TPSA) is 38.3 Å². The van der Waals surface area contributed by atoms with E-state index in [4.69, 9.17) is 4.74 Å². The van der Waals surface area contributed by atoms with Gasteiger partial charge in [-0.25, -0.2) is 0 Å². The number of ether oxygens (including phenoxy) is 1. The standard InChI is InChI=1S/C19H20INO2/c1-12-8-9-14-16(11-19(2,3)23-17(14)10-12)21-18(22)13-6-4-5-7-15(13)20/h4-10,16H,11H2,1-3H3,(H,21,22)/t16-/m1/s1. The zero-order chi connectivity index (χ0) is 16.6. The predicted molar refractivity (Wildman–Crippen MR) is 99.9 cm³/mol. The fraction of sp³-hybridized carbons (Fsp3) is 0.316. The van der Waals surface area contributed by atoms with Crippen molar-refractivity contribution in [2.75, 3.05) is 0 Å². The third-order valence-electron chi connectivity index (χ3n) is 4.05. The zero-order valence-corrected chi connectivity index (χ0v) is 15.7. The minimum absolute atomic E-state index is 0.0378. The minimum Gasteiger partial charge on any atom is -0.487 e. The van der Waals surface area contributed by atoms with Crippen molar-refractivity contribution in [2.24, 2.45) is 0 Å². The Hall–Kier alpha value is -1.56. The van der Waals surface area contributed by atoms with E-state index in [1.54, 1.807) is 0 Å². The molecular weight excluding hydrogens is 401 g/mol. The summed E-state index contributed by atoms with van der Waals surface area (Å²) in [6, 6.07) is 13.8. The molecule has 1 aliphatic rings. The highest BCUT2D eigenvalue weighted by molar-refractivity contribution is 14.1. The molecule has 0 fully saturated rings. The second kappa shape index (κ2) is 6.15. The van der Waals surface area contributed by atoms with E-state index in [2.05, 4.69) is 53.9 Å². The van der Waals surface area contributed by atoms with Crippen molar-refractivity contribution < 1.29 is 9.53 Å². The number of carbonyl (C=O) groups excluding carboxylic acids is 1. The van der Waals surface area contributed by atoms with Crippen LogP contribution in [0.3, 0.4) is 0 Å². The summed E-state index contributed by atoms with van der Waals surface area (Å²) in [5.74, 6) is 0.832. The lowest BCUT2D eigenvalue weighted by molar-refractivity contribution is 0.0619. The van der Waals surface area contributed by atoms with Crippen molar-refractivity contribution in [3.63, 3.8) is 0 Å². The second-order valence-electron chi connectivity index (χ2n) is 6.61. The van der Waals surface area contributed by atoms with Crippen molar-refractivity contribution in [2.45, 2.75) is 38.8 Å². The molecule has 1 atom stereocenters. The van der Waals surface area contributed by atoms with Crippen LogP contribution in [0.5, 0.6) is 5.75 Å². The van der Waals surface area contributed by atoms with Crippen molar-refractivity contribution in [1.29, 1.82) is 0 Å². The molecule has 0 aliphatic carbocycles. The summed E-state index contributed by atoms with van der Waals surface area (Å²) in [4.78, 5) is 12.7. The van der Waals surface area contributed by atoms with E-state index in [0.717, 1.165) is 26.9 Å². The lowest BCUT2D eigenvalue weighted by Gasteiger charge is -2.38. The summed E-state index contributed by atoms with van der Waals surface area (Å²) in [5, 5.41) is 3.18. The summed E-state index contributed by atoms with van der Waals surface area (Å²) in [7, 11) is 0. The van der Waals surface area contributed by atoms with Crippen LogP contribution in [0.15, 0.2) is 42.5 Å². The van der Waals surface area contributed by atoms with Crippen molar-refractivity contribution in [1.82, 2.24) is 5.32 Å². The normalized spacial score (nSPS) is 18.7. The quantitative estimate of drug-likeness (QED) is 0.719. The predicted octanol–water partition coefficient (Wildman–Crippen LogP) is 4.63. The van der Waals surface area contributed by atoms with Crippen LogP contribution >= 0.6 is 22.6 Å². The molecule has 0 aromatic heterocycles. The van der Waals surface area contributed by atoms with E-state index in [1.165, 1.54) is 0 Å². The fourth-order valence-electron chi connectivity index (χ4n) is 2.97. The van der Waals surface area contributed by atoms with Crippen molar-refractivity contribution in [3.05, 3.63) is 62.7 Å². The first kappa shape index (κ1) is 16.3. The van der Waals surface area contributed by atoms with Gasteiger partial charge >= 0.3 is 0 Å². The molecule has 0 saturated carbocycles. The van der Waals surface area contributed by atoms with E-state index >= 15 is 0 Å². The third-order valence-corrected chi connectivity index (χ3v) is 4.99. The molecule has 1 amide bonds. The van der Waals surface area contributed by atoms with Crippen LogP contribution in [-0.4, -0.2) is 11.5 Å². The lowest BCUT2D eigenvalue weighted by Crippen LogP contribution is -2.41. The Morgan fingerprint density at radius 1 is 1.26 bits per heavy atom. The molecule has 23 heavy (non-hydrogen) atoms. The van der Waals surface area contributed by atoms with Crippen LogP contribution in [0.25, 0.3) is 0 Å². The molecular formula is C19H20INO2. The Labute approximate surface area is 150 Å². The largest absolute Gasteiger partial charge is 0.487 e. The van der Waals surface area contributed by atoms with Gasteiger partial charge in [0.15, 0.2) is 0 Å². The van der Waals surface area contributed by atoms with Gasteiger partial charge in [0.2, 0.25) is 0 Å². The SMILES string of the molecule is Cc1ccc2c(c1)OC(C)(C)C[C@H]2NC(=O)c1ccccc1I. The molecule has 3 rings (SSSR count). The molecule has 1 heterocycles. The average molecular weight is 421 g/mol. The summed E-state index contributed by atoms with van der Waals surface area (Å²) in [5.41, 5.74) is 2.62. The Kier molecular flexibility index (Phi) is 4.36. The van der Waals surface area contributed by atoms with Gasteiger partial charge in [-0.05, 0) is 67.1 Å². The molecule has 2 aromatic rings. The molecule has 0 unspecified atom stereocenters. The van der Waals surface area contributed by atoms with Crippen LogP contribution in [-0.2, 0) is 0 Å². The van der Waals surface area contributed by atoms with Gasteiger partial charge < -0.3 is 10.1 Å². The first-order valence-corrected chi connectivity index (χ1v) is 8.78. The summed E-state index contributed by atoms with van der Waals surface area (Å²) in [6.07, 6.45) is 0.748. The van der Waals surface area contributed by atoms with Gasteiger partial charge in [0.25, 0.3) is 5.91 Å². The van der Waals surface area contributed by atoms with Crippen LogP contribution in [0.2, 0.25) is 0 Å². The van der Waals surface area contributed by atoms with E-state index in [0.29, 0.717) is 5.56 Å². The zero-order valence-electron chi connectivity index (χ0n) is 13.5. The maximum atomic E-state index is 12.7. The number of benzene rings is 2. The number of aryl methyl sites for hydroxylation is 1. The summed E-state index contributed by atoms with van der Waals surface area (Å²) in [6.45, 7) is 6.17. The maximum Gasteiger partial charge on any atom is 0.252 e. The Morgan fingerprint density at radius 3 is 2.74 bits per heavy atom. The summed E-state index contributed by atoms with van der Waals surface area (Å²) >= 11 is 2.20. The Balaban J connectivity index is 1.91. The number of halogens is 1. The highest BCUT2D eigenvalue weighted by Gasteiger charge is 2.34. The molecule has 0 bridgehead atoms.